The fourth-order valence-corrected chi connectivity index (χ4v) is 3.35. The van der Waals surface area contributed by atoms with Crippen LogP contribution in [0.15, 0.2) is 0 Å². The van der Waals surface area contributed by atoms with Gasteiger partial charge in [0.25, 0.3) is 0 Å². The summed E-state index contributed by atoms with van der Waals surface area (Å²) in [4.78, 5) is 35.2. The monoisotopic (exact) mass is 518 g/mol. The van der Waals surface area contributed by atoms with Crippen molar-refractivity contribution in [2.24, 2.45) is 16.2 Å². The molecular formula is C28H54O8. The lowest BCUT2D eigenvalue weighted by atomic mass is 9.87. The van der Waals surface area contributed by atoms with Crippen molar-refractivity contribution in [1.82, 2.24) is 0 Å². The second-order valence-corrected chi connectivity index (χ2v) is 11.0. The maximum absolute atomic E-state index is 12.1. The van der Waals surface area contributed by atoms with Crippen LogP contribution in [0.5, 0.6) is 0 Å². The Bertz CT molecular complexity index is 611. The minimum atomic E-state index is -0.515. The van der Waals surface area contributed by atoms with Crippen LogP contribution in [0.3, 0.4) is 0 Å². The van der Waals surface area contributed by atoms with Crippen LogP contribution in [0.25, 0.3) is 0 Å². The summed E-state index contributed by atoms with van der Waals surface area (Å²) in [6.45, 7) is 16.4. The van der Waals surface area contributed by atoms with Crippen LogP contribution in [0.4, 0.5) is 0 Å². The molecular weight excluding hydrogens is 464 g/mol. The third-order valence-electron chi connectivity index (χ3n) is 6.06. The van der Waals surface area contributed by atoms with Crippen LogP contribution < -0.4 is 0 Å². The molecule has 0 unspecified atom stereocenters. The fourth-order valence-electron chi connectivity index (χ4n) is 3.35. The molecule has 0 amide bonds. The number of ether oxygens (including phenoxy) is 3. The van der Waals surface area contributed by atoms with Gasteiger partial charge in [-0.05, 0) is 100 Å². The van der Waals surface area contributed by atoms with Crippen molar-refractivity contribution in [3.05, 3.63) is 0 Å². The zero-order chi connectivity index (χ0) is 28.3. The summed E-state index contributed by atoms with van der Waals surface area (Å²) in [5, 5.41) is 17.4. The van der Waals surface area contributed by atoms with Crippen molar-refractivity contribution in [3.63, 3.8) is 0 Å². The molecule has 0 aromatic heterocycles. The van der Waals surface area contributed by atoms with E-state index in [0.717, 1.165) is 38.5 Å². The smallest absolute Gasteiger partial charge is 0.311 e. The number of esters is 3. The fraction of sp³-hybridized carbons (Fsp3) is 0.893. The molecule has 36 heavy (non-hydrogen) atoms. The van der Waals surface area contributed by atoms with Crippen LogP contribution in [0, 0.1) is 16.2 Å². The average molecular weight is 519 g/mol. The van der Waals surface area contributed by atoms with Gasteiger partial charge in [-0.3, -0.25) is 14.4 Å². The number of aliphatic hydroxyl groups excluding tert-OH is 2. The van der Waals surface area contributed by atoms with E-state index in [0.29, 0.717) is 39.1 Å². The third kappa shape index (κ3) is 16.9. The minimum absolute atomic E-state index is 0.145. The number of hydrogen-bond donors (Lipinski definition) is 2. The molecule has 0 aliphatic carbocycles. The van der Waals surface area contributed by atoms with E-state index in [1.165, 1.54) is 0 Å². The van der Waals surface area contributed by atoms with Crippen molar-refractivity contribution in [1.29, 1.82) is 0 Å². The van der Waals surface area contributed by atoms with Crippen LogP contribution in [-0.2, 0) is 28.6 Å². The molecule has 0 rings (SSSR count). The Balaban J connectivity index is 0. The van der Waals surface area contributed by atoms with Crippen LogP contribution in [0.2, 0.25) is 0 Å². The molecule has 0 aliphatic rings. The topological polar surface area (TPSA) is 119 Å². The van der Waals surface area contributed by atoms with Crippen molar-refractivity contribution >= 4 is 17.9 Å². The van der Waals surface area contributed by atoms with E-state index in [2.05, 4.69) is 0 Å². The van der Waals surface area contributed by atoms with Gasteiger partial charge < -0.3 is 24.4 Å². The van der Waals surface area contributed by atoms with Gasteiger partial charge in [0.15, 0.2) is 0 Å². The number of hydrogen-bond acceptors (Lipinski definition) is 8. The average Bonchev–Trinajstić information content (AvgIpc) is 2.79. The van der Waals surface area contributed by atoms with E-state index < -0.39 is 16.2 Å². The van der Waals surface area contributed by atoms with Gasteiger partial charge in [0.1, 0.15) is 0 Å². The first-order valence-electron chi connectivity index (χ1n) is 13.4. The lowest BCUT2D eigenvalue weighted by Gasteiger charge is -2.23. The number of carbonyl (C=O) groups is 3. The van der Waals surface area contributed by atoms with Crippen molar-refractivity contribution in [3.8, 4) is 0 Å². The first-order chi connectivity index (χ1) is 16.7. The molecule has 214 valence electrons. The highest BCUT2D eigenvalue weighted by atomic mass is 16.5. The maximum atomic E-state index is 12.1. The first-order valence-corrected chi connectivity index (χ1v) is 13.4. The summed E-state index contributed by atoms with van der Waals surface area (Å²) in [6, 6.07) is 0. The predicted octanol–water partition coefficient (Wildman–Crippen LogP) is 5.22. The second kappa shape index (κ2) is 19.4. The Labute approximate surface area is 219 Å². The van der Waals surface area contributed by atoms with E-state index in [9.17, 15) is 14.4 Å². The van der Waals surface area contributed by atoms with Gasteiger partial charge in [-0.2, -0.15) is 0 Å². The quantitative estimate of drug-likeness (QED) is 0.144. The van der Waals surface area contributed by atoms with Crippen LogP contribution >= 0.6 is 0 Å². The lowest BCUT2D eigenvalue weighted by Crippen LogP contribution is -2.28. The minimum Gasteiger partial charge on any atom is -0.466 e. The first kappa shape index (κ1) is 36.5. The number of carbonyl (C=O) groups excluding carboxylic acids is 3. The molecule has 0 atom stereocenters. The Morgan fingerprint density at radius 1 is 0.528 bits per heavy atom. The molecule has 0 heterocycles. The number of aliphatic hydroxyl groups is 2. The summed E-state index contributed by atoms with van der Waals surface area (Å²) in [6.07, 6.45) is 6.88. The van der Waals surface area contributed by atoms with E-state index in [1.54, 1.807) is 6.92 Å². The van der Waals surface area contributed by atoms with Gasteiger partial charge in [0.2, 0.25) is 0 Å². The highest BCUT2D eigenvalue weighted by molar-refractivity contribution is 5.76. The summed E-state index contributed by atoms with van der Waals surface area (Å²) < 4.78 is 15.3. The second-order valence-electron chi connectivity index (χ2n) is 11.0. The molecule has 0 radical (unpaired) electrons. The largest absolute Gasteiger partial charge is 0.466 e. The van der Waals surface area contributed by atoms with Crippen LogP contribution in [0.1, 0.15) is 113 Å². The summed E-state index contributed by atoms with van der Waals surface area (Å²) in [5.74, 6) is -0.518. The lowest BCUT2D eigenvalue weighted by molar-refractivity contribution is -0.156. The van der Waals surface area contributed by atoms with Crippen molar-refractivity contribution < 1.29 is 38.8 Å². The summed E-state index contributed by atoms with van der Waals surface area (Å²) in [7, 11) is 0. The number of rotatable bonds is 18. The third-order valence-corrected chi connectivity index (χ3v) is 6.06. The molecule has 0 aliphatic heterocycles. The van der Waals surface area contributed by atoms with E-state index in [1.807, 2.05) is 48.5 Å². The summed E-state index contributed by atoms with van der Waals surface area (Å²) in [5.41, 5.74) is -1.42. The van der Waals surface area contributed by atoms with E-state index >= 15 is 0 Å². The van der Waals surface area contributed by atoms with Crippen molar-refractivity contribution in [2.45, 2.75) is 113 Å². The van der Waals surface area contributed by atoms with Crippen LogP contribution in [-0.4, -0.2) is 61.2 Å². The van der Waals surface area contributed by atoms with Gasteiger partial charge in [0.05, 0.1) is 36.1 Å². The van der Waals surface area contributed by atoms with Gasteiger partial charge in [0, 0.05) is 13.2 Å². The molecule has 0 saturated heterocycles. The highest BCUT2D eigenvalue weighted by Crippen LogP contribution is 2.27. The molecule has 8 nitrogen and oxygen atoms in total. The highest BCUT2D eigenvalue weighted by Gasteiger charge is 2.30. The Kier molecular flexibility index (Phi) is 19.7. The molecule has 8 heteroatoms. The van der Waals surface area contributed by atoms with E-state index in [-0.39, 0.29) is 31.1 Å². The molecule has 0 bridgehead atoms. The van der Waals surface area contributed by atoms with Crippen molar-refractivity contribution in [2.75, 3.05) is 33.0 Å². The molecule has 0 fully saturated rings. The predicted molar refractivity (Wildman–Crippen MR) is 141 cm³/mol. The molecule has 0 aromatic carbocycles. The van der Waals surface area contributed by atoms with Gasteiger partial charge in [-0.15, -0.1) is 0 Å². The molecule has 0 saturated carbocycles. The Hall–Kier alpha value is -1.67. The maximum Gasteiger partial charge on any atom is 0.311 e. The van der Waals surface area contributed by atoms with Gasteiger partial charge >= 0.3 is 17.9 Å². The molecule has 0 spiro atoms. The normalized spacial score (nSPS) is 11.8. The van der Waals surface area contributed by atoms with Gasteiger partial charge in [-0.1, -0.05) is 12.8 Å². The molecule has 2 N–H and O–H groups in total. The van der Waals surface area contributed by atoms with E-state index in [4.69, 9.17) is 24.4 Å². The number of unbranched alkanes of at least 4 members (excludes halogenated alkanes) is 3. The molecule has 0 aromatic rings. The standard InChI is InChI=1S/C18H34O5.C10H20O3/c1-6-22-15(20)17(2,3)12-8-10-14-23-16(21)18(4,5)11-7-9-13-19;1-4-13-9(12)10(2,3)7-5-6-8-11/h19H,6-14H2,1-5H3;11H,4-8H2,1-3H3. The zero-order valence-electron chi connectivity index (χ0n) is 24.2. The summed E-state index contributed by atoms with van der Waals surface area (Å²) >= 11 is 0. The Morgan fingerprint density at radius 3 is 1.14 bits per heavy atom. The SMILES string of the molecule is CCOC(=O)C(C)(C)CCCCO.CCOC(=O)C(C)(C)CCCCOC(=O)C(C)(C)CCCCO. The Morgan fingerprint density at radius 2 is 0.833 bits per heavy atom. The zero-order valence-corrected chi connectivity index (χ0v) is 24.2. The van der Waals surface area contributed by atoms with Gasteiger partial charge in [-0.25, -0.2) is 0 Å².